The van der Waals surface area contributed by atoms with Gasteiger partial charge >= 0.3 is 0 Å². The van der Waals surface area contributed by atoms with Gasteiger partial charge in [-0.2, -0.15) is 5.21 Å². The van der Waals surface area contributed by atoms with Gasteiger partial charge in [-0.15, -0.1) is 22.6 Å². The van der Waals surface area contributed by atoms with Gasteiger partial charge in [0.2, 0.25) is 11.7 Å². The number of hydrogen-bond acceptors (Lipinski definition) is 9. The van der Waals surface area contributed by atoms with Crippen LogP contribution in [0.5, 0.6) is 17.2 Å². The first kappa shape index (κ1) is 26.2. The molecule has 1 unspecified atom stereocenters. The standard InChI is InChI=1S/C26H21N7O4S.ClH/c1-33-21-13-19(37-18-8-4-16(5-9-18)24-29-31-32-30-24)10-11-20(21)27-23(33)14-36-17-6-2-15(3-7-17)12-22-25(34)28-26(35)38-22;/h2-11,13,22H,12,14H2,1H3,(H,28,34,35)(H,29,30,31,32);1H. The van der Waals surface area contributed by atoms with Crippen molar-refractivity contribution in [2.24, 2.45) is 7.05 Å². The molecule has 1 aliphatic heterocycles. The number of ether oxygens (including phenoxy) is 2. The second kappa shape index (κ2) is 11.1. The van der Waals surface area contributed by atoms with Crippen molar-refractivity contribution in [2.45, 2.75) is 18.3 Å². The number of amides is 2. The first-order valence-electron chi connectivity index (χ1n) is 11.7. The fourth-order valence-corrected chi connectivity index (χ4v) is 4.98. The summed E-state index contributed by atoms with van der Waals surface area (Å²) < 4.78 is 14.0. The lowest BCUT2D eigenvalue weighted by Crippen LogP contribution is -2.25. The highest BCUT2D eigenvalue weighted by atomic mass is 35.5. The van der Waals surface area contributed by atoms with Crippen LogP contribution in [-0.2, 0) is 24.9 Å². The Kier molecular flexibility index (Phi) is 7.48. The number of carbonyl (C=O) groups excluding carboxylic acids is 2. The zero-order chi connectivity index (χ0) is 26.1. The first-order chi connectivity index (χ1) is 18.5. The van der Waals surface area contributed by atoms with E-state index in [1.807, 2.05) is 78.3 Å². The molecule has 1 aliphatic rings. The molecule has 3 aromatic carbocycles. The molecule has 0 bridgehead atoms. The second-order valence-corrected chi connectivity index (χ2v) is 9.79. The van der Waals surface area contributed by atoms with Gasteiger partial charge in [0, 0.05) is 18.7 Å². The smallest absolute Gasteiger partial charge is 0.286 e. The number of thioether (sulfide) groups is 1. The number of rotatable bonds is 8. The summed E-state index contributed by atoms with van der Waals surface area (Å²) in [5.41, 5.74) is 3.55. The Balaban J connectivity index is 0.00000308. The Labute approximate surface area is 232 Å². The summed E-state index contributed by atoms with van der Waals surface area (Å²) >= 11 is 1.03. The molecule has 0 radical (unpaired) electrons. The Morgan fingerprint density at radius 2 is 1.72 bits per heavy atom. The molecule has 13 heteroatoms. The number of halogens is 1. The maximum absolute atomic E-state index is 11.8. The van der Waals surface area contributed by atoms with E-state index in [1.165, 1.54) is 0 Å². The number of H-pyrrole nitrogens is 1. The molecule has 0 aliphatic carbocycles. The predicted octanol–water partition coefficient (Wildman–Crippen LogP) is 4.44. The molecular formula is C26H22ClN7O4S. The zero-order valence-electron chi connectivity index (χ0n) is 20.5. The van der Waals surface area contributed by atoms with Crippen molar-refractivity contribution in [3.63, 3.8) is 0 Å². The van der Waals surface area contributed by atoms with Crippen LogP contribution < -0.4 is 14.8 Å². The Hall–Kier alpha value is -4.42. The van der Waals surface area contributed by atoms with E-state index < -0.39 is 0 Å². The van der Waals surface area contributed by atoms with Crippen molar-refractivity contribution in [1.82, 2.24) is 35.5 Å². The molecule has 39 heavy (non-hydrogen) atoms. The fourth-order valence-electron chi connectivity index (χ4n) is 4.12. The van der Waals surface area contributed by atoms with Crippen LogP contribution in [0.4, 0.5) is 4.79 Å². The summed E-state index contributed by atoms with van der Waals surface area (Å²) in [4.78, 5) is 27.8. The number of aryl methyl sites for hydroxylation is 1. The molecule has 3 heterocycles. The number of fused-ring (bicyclic) bond motifs is 1. The maximum Gasteiger partial charge on any atom is 0.286 e. The summed E-state index contributed by atoms with van der Waals surface area (Å²) in [7, 11) is 1.94. The molecule has 6 rings (SSSR count). The lowest BCUT2D eigenvalue weighted by Gasteiger charge is -2.09. The van der Waals surface area contributed by atoms with E-state index in [0.29, 0.717) is 29.5 Å². The van der Waals surface area contributed by atoms with Gasteiger partial charge in [-0.25, -0.2) is 4.98 Å². The van der Waals surface area contributed by atoms with Crippen LogP contribution >= 0.6 is 24.2 Å². The molecule has 1 fully saturated rings. The van der Waals surface area contributed by atoms with Gasteiger partial charge in [0.25, 0.3) is 5.24 Å². The number of nitrogens with zero attached hydrogens (tertiary/aromatic N) is 5. The van der Waals surface area contributed by atoms with E-state index >= 15 is 0 Å². The third-order valence-corrected chi connectivity index (χ3v) is 7.10. The molecular weight excluding hydrogens is 542 g/mol. The minimum atomic E-state index is -0.390. The average Bonchev–Trinajstić information content (AvgIpc) is 3.64. The van der Waals surface area contributed by atoms with Gasteiger partial charge < -0.3 is 14.0 Å². The van der Waals surface area contributed by atoms with Crippen LogP contribution in [0.15, 0.2) is 66.7 Å². The molecule has 0 saturated carbocycles. The van der Waals surface area contributed by atoms with E-state index in [-0.39, 0.29) is 35.4 Å². The molecule has 5 aromatic rings. The highest BCUT2D eigenvalue weighted by molar-refractivity contribution is 8.15. The van der Waals surface area contributed by atoms with E-state index in [2.05, 4.69) is 25.9 Å². The second-order valence-electron chi connectivity index (χ2n) is 8.62. The molecule has 1 atom stereocenters. The summed E-state index contributed by atoms with van der Waals surface area (Å²) in [5.74, 6) is 3.11. The van der Waals surface area contributed by atoms with E-state index in [1.54, 1.807) is 0 Å². The maximum atomic E-state index is 11.8. The molecule has 198 valence electrons. The third kappa shape index (κ3) is 5.71. The van der Waals surface area contributed by atoms with Crippen LogP contribution in [0, 0.1) is 0 Å². The van der Waals surface area contributed by atoms with Gasteiger partial charge in [0.15, 0.2) is 0 Å². The van der Waals surface area contributed by atoms with Gasteiger partial charge in [-0.1, -0.05) is 23.9 Å². The molecule has 2 aromatic heterocycles. The predicted molar refractivity (Wildman–Crippen MR) is 147 cm³/mol. The summed E-state index contributed by atoms with van der Waals surface area (Å²) in [6, 6.07) is 20.7. The third-order valence-electron chi connectivity index (χ3n) is 6.12. The average molecular weight is 564 g/mol. The highest BCUT2D eigenvalue weighted by Gasteiger charge is 2.31. The van der Waals surface area contributed by atoms with Gasteiger partial charge in [-0.3, -0.25) is 14.9 Å². The van der Waals surface area contributed by atoms with Crippen LogP contribution in [-0.4, -0.2) is 46.6 Å². The highest BCUT2D eigenvalue weighted by Crippen LogP contribution is 2.28. The van der Waals surface area contributed by atoms with Crippen molar-refractivity contribution in [2.75, 3.05) is 0 Å². The molecule has 11 nitrogen and oxygen atoms in total. The molecule has 2 N–H and O–H groups in total. The number of nitrogens with one attached hydrogen (secondary N) is 2. The quantitative estimate of drug-likeness (QED) is 0.280. The SMILES string of the molecule is Cl.Cn1c(COc2ccc(CC3SC(=O)NC3=O)cc2)nc2ccc(Oc3ccc(-c4nn[nH]n4)cc3)cc21. The van der Waals surface area contributed by atoms with Crippen LogP contribution in [0.2, 0.25) is 0 Å². The number of hydrogen-bond donors (Lipinski definition) is 2. The number of imidazole rings is 1. The Morgan fingerprint density at radius 1 is 0.974 bits per heavy atom. The van der Waals surface area contributed by atoms with Crippen molar-refractivity contribution < 1.29 is 19.1 Å². The molecule has 0 spiro atoms. The van der Waals surface area contributed by atoms with E-state index in [4.69, 9.17) is 14.5 Å². The summed E-state index contributed by atoms with van der Waals surface area (Å²) in [6.07, 6.45) is 0.487. The molecule has 1 saturated heterocycles. The number of aromatic nitrogens is 6. The van der Waals surface area contributed by atoms with Crippen molar-refractivity contribution >= 4 is 46.3 Å². The topological polar surface area (TPSA) is 137 Å². The minimum absolute atomic E-state index is 0. The van der Waals surface area contributed by atoms with Gasteiger partial charge in [0.05, 0.1) is 16.3 Å². The largest absolute Gasteiger partial charge is 0.486 e. The van der Waals surface area contributed by atoms with Crippen molar-refractivity contribution in [1.29, 1.82) is 0 Å². The normalized spacial score (nSPS) is 14.7. The number of benzene rings is 3. The monoisotopic (exact) mass is 563 g/mol. The van der Waals surface area contributed by atoms with Crippen LogP contribution in [0.25, 0.3) is 22.4 Å². The summed E-state index contributed by atoms with van der Waals surface area (Å²) in [6.45, 7) is 0.285. The first-order valence-corrected chi connectivity index (χ1v) is 12.6. The van der Waals surface area contributed by atoms with Gasteiger partial charge in [0.1, 0.15) is 29.7 Å². The number of tetrazole rings is 1. The Bertz CT molecular complexity index is 1620. The van der Waals surface area contributed by atoms with E-state index in [9.17, 15) is 9.59 Å². The summed E-state index contributed by atoms with van der Waals surface area (Å²) in [5, 5.41) is 15.6. The number of imide groups is 1. The van der Waals surface area contributed by atoms with Crippen LogP contribution in [0.1, 0.15) is 11.4 Å². The van der Waals surface area contributed by atoms with Gasteiger partial charge in [-0.05, 0) is 65.7 Å². The lowest BCUT2D eigenvalue weighted by atomic mass is 10.1. The fraction of sp³-hybridized carbons (Fsp3) is 0.154. The molecule has 2 amide bonds. The van der Waals surface area contributed by atoms with E-state index in [0.717, 1.165) is 39.7 Å². The lowest BCUT2D eigenvalue weighted by molar-refractivity contribution is -0.118. The van der Waals surface area contributed by atoms with Crippen LogP contribution in [0.3, 0.4) is 0 Å². The Morgan fingerprint density at radius 3 is 2.41 bits per heavy atom. The van der Waals surface area contributed by atoms with Crippen molar-refractivity contribution in [3.05, 3.63) is 78.1 Å². The minimum Gasteiger partial charge on any atom is -0.486 e. The zero-order valence-corrected chi connectivity index (χ0v) is 22.2. The number of carbonyl (C=O) groups is 2. The van der Waals surface area contributed by atoms with Crippen molar-refractivity contribution in [3.8, 4) is 28.6 Å². The number of aromatic amines is 1.